The van der Waals surface area contributed by atoms with Gasteiger partial charge in [0.05, 0.1) is 5.01 Å². The summed E-state index contributed by atoms with van der Waals surface area (Å²) in [6, 6.07) is -0.514. The van der Waals surface area contributed by atoms with E-state index >= 15 is 0 Å². The van der Waals surface area contributed by atoms with Crippen LogP contribution in [0.15, 0.2) is 5.38 Å². The fraction of sp³-hybridized carbons (Fsp3) is 0.667. The number of thiazole rings is 1. The third-order valence-electron chi connectivity index (χ3n) is 3.80. The van der Waals surface area contributed by atoms with E-state index in [4.69, 9.17) is 0 Å². The Morgan fingerprint density at radius 2 is 2.23 bits per heavy atom. The van der Waals surface area contributed by atoms with Gasteiger partial charge >= 0.3 is 6.03 Å². The summed E-state index contributed by atoms with van der Waals surface area (Å²) in [5.41, 5.74) is 1.00. The number of nitrogens with one attached hydrogen (secondary N) is 2. The Bertz CT molecular complexity index is 543. The molecule has 0 saturated carbocycles. The highest BCUT2D eigenvalue weighted by Crippen LogP contribution is 2.19. The van der Waals surface area contributed by atoms with Crippen molar-refractivity contribution in [3.63, 3.8) is 0 Å². The Morgan fingerprint density at radius 3 is 2.77 bits per heavy atom. The number of aromatic nitrogens is 1. The molecule has 122 valence electrons. The molecule has 0 spiro atoms. The first-order chi connectivity index (χ1) is 10.4. The smallest absolute Gasteiger partial charge is 0.315 e. The molecule has 2 heterocycles. The molecule has 0 unspecified atom stereocenters. The zero-order valence-electron chi connectivity index (χ0n) is 13.5. The Hall–Kier alpha value is -1.63. The normalized spacial score (nSPS) is 19.6. The molecule has 0 aliphatic carbocycles. The molecule has 0 bridgehead atoms. The Balaban J connectivity index is 1.78. The Kier molecular flexibility index (Phi) is 5.39. The van der Waals surface area contributed by atoms with Crippen molar-refractivity contribution in [2.24, 2.45) is 0 Å². The van der Waals surface area contributed by atoms with Gasteiger partial charge in [0.1, 0.15) is 6.04 Å². The van der Waals surface area contributed by atoms with Gasteiger partial charge in [-0.2, -0.15) is 0 Å². The van der Waals surface area contributed by atoms with Gasteiger partial charge in [0.15, 0.2) is 0 Å². The SMILES string of the molecule is Cc1csc([C@@H](C)CNC(=O)N[C@H]2CCN(C(C)C)C2=O)n1. The maximum atomic E-state index is 12.1. The van der Waals surface area contributed by atoms with Crippen LogP contribution >= 0.6 is 11.3 Å². The molecule has 1 saturated heterocycles. The fourth-order valence-corrected chi connectivity index (χ4v) is 3.35. The van der Waals surface area contributed by atoms with Gasteiger partial charge in [0.2, 0.25) is 5.91 Å². The van der Waals surface area contributed by atoms with Gasteiger partial charge in [0.25, 0.3) is 0 Å². The number of hydrogen-bond acceptors (Lipinski definition) is 4. The number of likely N-dealkylation sites (tertiary alicyclic amines) is 1. The summed E-state index contributed by atoms with van der Waals surface area (Å²) in [5.74, 6) is 0.171. The number of urea groups is 1. The number of nitrogens with zero attached hydrogens (tertiary/aromatic N) is 2. The molecule has 2 N–H and O–H groups in total. The van der Waals surface area contributed by atoms with Gasteiger partial charge in [-0.05, 0) is 27.2 Å². The number of rotatable bonds is 5. The minimum absolute atomic E-state index is 0.00810. The lowest BCUT2D eigenvalue weighted by molar-refractivity contribution is -0.130. The van der Waals surface area contributed by atoms with E-state index in [0.717, 1.165) is 10.7 Å². The zero-order chi connectivity index (χ0) is 16.3. The van der Waals surface area contributed by atoms with Crippen LogP contribution in [0.3, 0.4) is 0 Å². The summed E-state index contributed by atoms with van der Waals surface area (Å²) < 4.78 is 0. The van der Waals surface area contributed by atoms with E-state index in [1.54, 1.807) is 16.2 Å². The van der Waals surface area contributed by atoms with E-state index in [0.29, 0.717) is 19.5 Å². The van der Waals surface area contributed by atoms with Crippen molar-refractivity contribution in [2.45, 2.75) is 52.1 Å². The largest absolute Gasteiger partial charge is 0.338 e. The van der Waals surface area contributed by atoms with Crippen molar-refractivity contribution in [2.75, 3.05) is 13.1 Å². The van der Waals surface area contributed by atoms with Crippen LogP contribution in [0.2, 0.25) is 0 Å². The molecule has 1 aliphatic heterocycles. The van der Waals surface area contributed by atoms with E-state index < -0.39 is 6.04 Å². The van der Waals surface area contributed by atoms with Crippen molar-refractivity contribution in [3.8, 4) is 0 Å². The first-order valence-corrected chi connectivity index (χ1v) is 8.53. The predicted molar refractivity (Wildman–Crippen MR) is 87.1 cm³/mol. The maximum absolute atomic E-state index is 12.1. The lowest BCUT2D eigenvalue weighted by atomic mass is 10.2. The summed E-state index contributed by atoms with van der Waals surface area (Å²) in [6.45, 7) is 9.17. The second-order valence-corrected chi connectivity index (χ2v) is 6.94. The molecule has 2 atom stereocenters. The second-order valence-electron chi connectivity index (χ2n) is 6.05. The summed E-state index contributed by atoms with van der Waals surface area (Å²) >= 11 is 1.60. The summed E-state index contributed by atoms with van der Waals surface area (Å²) in [5, 5.41) is 8.61. The Morgan fingerprint density at radius 1 is 1.50 bits per heavy atom. The molecule has 3 amide bonds. The standard InChI is InChI=1S/C15H24N4O2S/c1-9(2)19-6-5-12(14(19)20)18-15(21)16-7-10(3)13-17-11(4)8-22-13/h8-10,12H,5-7H2,1-4H3,(H2,16,18,21)/t10-,12-/m0/s1. The lowest BCUT2D eigenvalue weighted by Crippen LogP contribution is -2.47. The zero-order valence-corrected chi connectivity index (χ0v) is 14.4. The molecule has 1 aromatic rings. The minimum atomic E-state index is -0.403. The highest BCUT2D eigenvalue weighted by Gasteiger charge is 2.33. The van der Waals surface area contributed by atoms with E-state index in [9.17, 15) is 9.59 Å². The Labute approximate surface area is 135 Å². The quantitative estimate of drug-likeness (QED) is 0.868. The van der Waals surface area contributed by atoms with Crippen LogP contribution in [-0.2, 0) is 4.79 Å². The van der Waals surface area contributed by atoms with Crippen molar-refractivity contribution in [3.05, 3.63) is 16.1 Å². The highest BCUT2D eigenvalue weighted by atomic mass is 32.1. The molecule has 22 heavy (non-hydrogen) atoms. The summed E-state index contributed by atoms with van der Waals surface area (Å²) in [6.07, 6.45) is 0.672. The van der Waals surface area contributed by atoms with Crippen molar-refractivity contribution < 1.29 is 9.59 Å². The van der Waals surface area contributed by atoms with Gasteiger partial charge in [-0.3, -0.25) is 4.79 Å². The van der Waals surface area contributed by atoms with Crippen LogP contribution in [0, 0.1) is 6.92 Å². The average Bonchev–Trinajstić information content (AvgIpc) is 3.03. The monoisotopic (exact) mass is 324 g/mol. The van der Waals surface area contributed by atoms with Crippen LogP contribution in [0.5, 0.6) is 0 Å². The molecule has 1 aromatic heterocycles. The number of amides is 3. The minimum Gasteiger partial charge on any atom is -0.338 e. The molecular formula is C15H24N4O2S. The van der Waals surface area contributed by atoms with E-state index in [1.807, 2.05) is 33.1 Å². The third-order valence-corrected chi connectivity index (χ3v) is 4.99. The molecule has 2 rings (SSSR count). The van der Waals surface area contributed by atoms with Crippen LogP contribution in [0.1, 0.15) is 43.8 Å². The molecule has 6 nitrogen and oxygen atoms in total. The first kappa shape index (κ1) is 16.7. The predicted octanol–water partition coefficient (Wildman–Crippen LogP) is 1.86. The van der Waals surface area contributed by atoms with Gasteiger partial charge < -0.3 is 15.5 Å². The first-order valence-electron chi connectivity index (χ1n) is 7.65. The van der Waals surface area contributed by atoms with Gasteiger partial charge in [0, 0.05) is 36.1 Å². The van der Waals surface area contributed by atoms with Crippen molar-refractivity contribution >= 4 is 23.3 Å². The van der Waals surface area contributed by atoms with Gasteiger partial charge in [-0.1, -0.05) is 6.92 Å². The van der Waals surface area contributed by atoms with Crippen LogP contribution in [-0.4, -0.2) is 47.0 Å². The maximum Gasteiger partial charge on any atom is 0.315 e. The number of carbonyl (C=O) groups excluding carboxylic acids is 2. The molecule has 7 heteroatoms. The average molecular weight is 324 g/mol. The number of hydrogen-bond donors (Lipinski definition) is 2. The number of aryl methyl sites for hydroxylation is 1. The van der Waals surface area contributed by atoms with Crippen LogP contribution < -0.4 is 10.6 Å². The van der Waals surface area contributed by atoms with Gasteiger partial charge in [-0.15, -0.1) is 11.3 Å². The van der Waals surface area contributed by atoms with Crippen LogP contribution in [0.4, 0.5) is 4.79 Å². The molecule has 0 aromatic carbocycles. The van der Waals surface area contributed by atoms with Gasteiger partial charge in [-0.25, -0.2) is 9.78 Å². The molecule has 1 fully saturated rings. The highest BCUT2D eigenvalue weighted by molar-refractivity contribution is 7.09. The molecule has 0 radical (unpaired) electrons. The topological polar surface area (TPSA) is 74.3 Å². The second kappa shape index (κ2) is 7.09. The summed E-state index contributed by atoms with van der Waals surface area (Å²) in [7, 11) is 0. The van der Waals surface area contributed by atoms with E-state index in [2.05, 4.69) is 15.6 Å². The van der Waals surface area contributed by atoms with E-state index in [1.165, 1.54) is 0 Å². The number of carbonyl (C=O) groups is 2. The van der Waals surface area contributed by atoms with Crippen molar-refractivity contribution in [1.29, 1.82) is 0 Å². The van der Waals surface area contributed by atoms with E-state index in [-0.39, 0.29) is 23.9 Å². The van der Waals surface area contributed by atoms with Crippen molar-refractivity contribution in [1.82, 2.24) is 20.5 Å². The third kappa shape index (κ3) is 3.97. The lowest BCUT2D eigenvalue weighted by Gasteiger charge is -2.21. The molecular weight excluding hydrogens is 300 g/mol. The molecule has 1 aliphatic rings. The van der Waals surface area contributed by atoms with Crippen LogP contribution in [0.25, 0.3) is 0 Å². The fourth-order valence-electron chi connectivity index (χ4n) is 2.49. The summed E-state index contributed by atoms with van der Waals surface area (Å²) in [4.78, 5) is 30.3.